The van der Waals surface area contributed by atoms with E-state index in [9.17, 15) is 4.79 Å². The smallest absolute Gasteiger partial charge is 0.319 e. The summed E-state index contributed by atoms with van der Waals surface area (Å²) in [6, 6.07) is 5.61. The first kappa shape index (κ1) is 11.3. The molecule has 0 fully saturated rings. The van der Waals surface area contributed by atoms with Crippen LogP contribution in [0.3, 0.4) is 0 Å². The van der Waals surface area contributed by atoms with Crippen LogP contribution in [-0.4, -0.2) is 12.6 Å². The fourth-order valence-electron chi connectivity index (χ4n) is 1.16. The highest BCUT2D eigenvalue weighted by molar-refractivity contribution is 5.89. The molecular formula is C12H16N2O. The van der Waals surface area contributed by atoms with E-state index >= 15 is 0 Å². The molecule has 1 aromatic carbocycles. The Morgan fingerprint density at radius 1 is 1.40 bits per heavy atom. The lowest BCUT2D eigenvalue weighted by atomic mass is 10.1. The summed E-state index contributed by atoms with van der Waals surface area (Å²) in [5, 5.41) is 5.39. The van der Waals surface area contributed by atoms with E-state index < -0.39 is 0 Å². The molecule has 0 spiro atoms. The van der Waals surface area contributed by atoms with Gasteiger partial charge in [0, 0.05) is 12.2 Å². The molecule has 0 heterocycles. The first-order valence-corrected chi connectivity index (χ1v) is 4.86. The number of benzene rings is 1. The summed E-state index contributed by atoms with van der Waals surface area (Å²) in [4.78, 5) is 11.3. The molecule has 0 saturated heterocycles. The fourth-order valence-corrected chi connectivity index (χ4v) is 1.16. The lowest BCUT2D eigenvalue weighted by Crippen LogP contribution is -2.28. The zero-order chi connectivity index (χ0) is 11.3. The summed E-state index contributed by atoms with van der Waals surface area (Å²) in [6.07, 6.45) is 1.64. The van der Waals surface area contributed by atoms with Crippen molar-refractivity contribution in [3.8, 4) is 0 Å². The normalized spacial score (nSPS) is 9.47. The van der Waals surface area contributed by atoms with Crippen molar-refractivity contribution in [1.82, 2.24) is 5.32 Å². The highest BCUT2D eigenvalue weighted by Crippen LogP contribution is 2.13. The molecule has 1 aromatic rings. The molecule has 0 saturated carbocycles. The second-order valence-corrected chi connectivity index (χ2v) is 3.42. The first-order valence-electron chi connectivity index (χ1n) is 4.86. The maximum Gasteiger partial charge on any atom is 0.319 e. The third-order valence-electron chi connectivity index (χ3n) is 2.17. The van der Waals surface area contributed by atoms with Crippen molar-refractivity contribution in [3.05, 3.63) is 42.0 Å². The van der Waals surface area contributed by atoms with Crippen molar-refractivity contribution in [1.29, 1.82) is 0 Å². The second-order valence-electron chi connectivity index (χ2n) is 3.42. The Kier molecular flexibility index (Phi) is 3.92. The van der Waals surface area contributed by atoms with Gasteiger partial charge in [-0.1, -0.05) is 12.1 Å². The topological polar surface area (TPSA) is 41.1 Å². The summed E-state index contributed by atoms with van der Waals surface area (Å²) in [6.45, 7) is 8.05. The quantitative estimate of drug-likeness (QED) is 0.730. The molecule has 0 aliphatic heterocycles. The Bertz CT molecular complexity index is 372. The Balaban J connectivity index is 2.60. The molecule has 0 atom stereocenters. The maximum atomic E-state index is 11.3. The van der Waals surface area contributed by atoms with Crippen molar-refractivity contribution in [2.75, 3.05) is 11.9 Å². The Labute approximate surface area is 90.2 Å². The van der Waals surface area contributed by atoms with Gasteiger partial charge in [-0.25, -0.2) is 4.79 Å². The number of anilines is 1. The predicted molar refractivity (Wildman–Crippen MR) is 63.1 cm³/mol. The number of hydrogen-bond acceptors (Lipinski definition) is 1. The van der Waals surface area contributed by atoms with Crippen LogP contribution in [0.4, 0.5) is 10.5 Å². The summed E-state index contributed by atoms with van der Waals surface area (Å²) < 4.78 is 0. The maximum absolute atomic E-state index is 11.3. The van der Waals surface area contributed by atoms with Crippen molar-refractivity contribution in [2.45, 2.75) is 13.8 Å². The molecule has 15 heavy (non-hydrogen) atoms. The van der Waals surface area contributed by atoms with Gasteiger partial charge in [0.15, 0.2) is 0 Å². The van der Waals surface area contributed by atoms with E-state index in [0.29, 0.717) is 6.54 Å². The van der Waals surface area contributed by atoms with Crippen LogP contribution < -0.4 is 10.6 Å². The van der Waals surface area contributed by atoms with Crippen LogP contribution in [0.1, 0.15) is 11.1 Å². The standard InChI is InChI=1S/C12H16N2O/c1-4-7-13-12(15)14-11-6-5-9(2)10(3)8-11/h4-6,8H,1,7H2,2-3H3,(H2,13,14,15). The van der Waals surface area contributed by atoms with Gasteiger partial charge in [-0.2, -0.15) is 0 Å². The van der Waals surface area contributed by atoms with E-state index in [2.05, 4.69) is 17.2 Å². The zero-order valence-corrected chi connectivity index (χ0v) is 9.13. The minimum atomic E-state index is -0.210. The van der Waals surface area contributed by atoms with E-state index in [0.717, 1.165) is 11.3 Å². The van der Waals surface area contributed by atoms with Crippen molar-refractivity contribution >= 4 is 11.7 Å². The molecule has 2 amide bonds. The van der Waals surface area contributed by atoms with Crippen LogP contribution in [0.25, 0.3) is 0 Å². The third kappa shape index (κ3) is 3.46. The Morgan fingerprint density at radius 3 is 2.73 bits per heavy atom. The van der Waals surface area contributed by atoms with Crippen LogP contribution >= 0.6 is 0 Å². The summed E-state index contributed by atoms with van der Waals surface area (Å²) in [5.41, 5.74) is 3.18. The van der Waals surface area contributed by atoms with Crippen LogP contribution in [-0.2, 0) is 0 Å². The molecule has 80 valence electrons. The summed E-state index contributed by atoms with van der Waals surface area (Å²) in [5.74, 6) is 0. The number of carbonyl (C=O) groups excluding carboxylic acids is 1. The van der Waals surface area contributed by atoms with E-state index in [1.807, 2.05) is 32.0 Å². The predicted octanol–water partition coefficient (Wildman–Crippen LogP) is 2.61. The molecule has 3 heteroatoms. The van der Waals surface area contributed by atoms with Gasteiger partial charge in [0.2, 0.25) is 0 Å². The van der Waals surface area contributed by atoms with Gasteiger partial charge in [0.25, 0.3) is 0 Å². The molecular weight excluding hydrogens is 188 g/mol. The number of urea groups is 1. The van der Waals surface area contributed by atoms with Gasteiger partial charge in [0.05, 0.1) is 0 Å². The van der Waals surface area contributed by atoms with Crippen LogP contribution in [0.5, 0.6) is 0 Å². The average Bonchev–Trinajstić information content (AvgIpc) is 2.20. The van der Waals surface area contributed by atoms with Gasteiger partial charge >= 0.3 is 6.03 Å². The number of amides is 2. The largest absolute Gasteiger partial charge is 0.334 e. The molecule has 1 rings (SSSR count). The number of carbonyl (C=O) groups is 1. The Hall–Kier alpha value is -1.77. The number of hydrogen-bond donors (Lipinski definition) is 2. The van der Waals surface area contributed by atoms with Gasteiger partial charge in [-0.15, -0.1) is 6.58 Å². The fraction of sp³-hybridized carbons (Fsp3) is 0.250. The van der Waals surface area contributed by atoms with E-state index in [1.165, 1.54) is 5.56 Å². The molecule has 0 aliphatic rings. The first-order chi connectivity index (χ1) is 7.13. The van der Waals surface area contributed by atoms with E-state index in [-0.39, 0.29) is 6.03 Å². The number of aryl methyl sites for hydroxylation is 2. The second kappa shape index (κ2) is 5.20. The van der Waals surface area contributed by atoms with Gasteiger partial charge in [-0.3, -0.25) is 0 Å². The molecule has 0 bridgehead atoms. The van der Waals surface area contributed by atoms with E-state index in [4.69, 9.17) is 0 Å². The zero-order valence-electron chi connectivity index (χ0n) is 9.13. The monoisotopic (exact) mass is 204 g/mol. The molecule has 2 N–H and O–H groups in total. The number of rotatable bonds is 3. The van der Waals surface area contributed by atoms with Gasteiger partial charge in [-0.05, 0) is 37.1 Å². The Morgan fingerprint density at radius 2 is 2.13 bits per heavy atom. The number of nitrogens with one attached hydrogen (secondary N) is 2. The minimum absolute atomic E-state index is 0.210. The summed E-state index contributed by atoms with van der Waals surface area (Å²) in [7, 11) is 0. The average molecular weight is 204 g/mol. The molecule has 0 aromatic heterocycles. The van der Waals surface area contributed by atoms with Gasteiger partial charge < -0.3 is 10.6 Å². The van der Waals surface area contributed by atoms with Crippen LogP contribution in [0, 0.1) is 13.8 Å². The van der Waals surface area contributed by atoms with Crippen LogP contribution in [0.2, 0.25) is 0 Å². The van der Waals surface area contributed by atoms with Crippen molar-refractivity contribution in [3.63, 3.8) is 0 Å². The van der Waals surface area contributed by atoms with E-state index in [1.54, 1.807) is 6.08 Å². The van der Waals surface area contributed by atoms with Crippen molar-refractivity contribution in [2.24, 2.45) is 0 Å². The minimum Gasteiger partial charge on any atom is -0.334 e. The summed E-state index contributed by atoms with van der Waals surface area (Å²) >= 11 is 0. The molecule has 0 radical (unpaired) electrons. The SMILES string of the molecule is C=CCNC(=O)Nc1ccc(C)c(C)c1. The highest BCUT2D eigenvalue weighted by atomic mass is 16.2. The molecule has 3 nitrogen and oxygen atoms in total. The van der Waals surface area contributed by atoms with Gasteiger partial charge in [0.1, 0.15) is 0 Å². The lowest BCUT2D eigenvalue weighted by molar-refractivity contribution is 0.253. The van der Waals surface area contributed by atoms with Crippen molar-refractivity contribution < 1.29 is 4.79 Å². The highest BCUT2D eigenvalue weighted by Gasteiger charge is 2.00. The molecule has 0 aliphatic carbocycles. The van der Waals surface area contributed by atoms with Crippen LogP contribution in [0.15, 0.2) is 30.9 Å². The third-order valence-corrected chi connectivity index (χ3v) is 2.17. The lowest BCUT2D eigenvalue weighted by Gasteiger charge is -2.07. The molecule has 0 unspecified atom stereocenters.